The van der Waals surface area contributed by atoms with Crippen molar-refractivity contribution in [1.29, 1.82) is 5.26 Å². The van der Waals surface area contributed by atoms with Crippen molar-refractivity contribution >= 4 is 17.2 Å². The van der Waals surface area contributed by atoms with Gasteiger partial charge in [-0.1, -0.05) is 19.1 Å². The van der Waals surface area contributed by atoms with E-state index in [9.17, 15) is 20.1 Å². The molecule has 0 radical (unpaired) electrons. The Balaban J connectivity index is 2.07. The van der Waals surface area contributed by atoms with Crippen molar-refractivity contribution < 1.29 is 24.9 Å². The summed E-state index contributed by atoms with van der Waals surface area (Å²) in [4.78, 5) is 13.2. The van der Waals surface area contributed by atoms with E-state index in [1.165, 1.54) is 0 Å². The number of carbonyl (C=O) groups is 1. The van der Waals surface area contributed by atoms with Crippen LogP contribution in [-0.2, 0) is 9.53 Å². The lowest BCUT2D eigenvalue weighted by molar-refractivity contribution is -0.142. The molecule has 2 unspecified atom stereocenters. The molecule has 1 aromatic rings. The maximum atomic E-state index is 11.2. The minimum absolute atomic E-state index is 0.215. The van der Waals surface area contributed by atoms with Gasteiger partial charge in [-0.15, -0.1) is 0 Å². The van der Waals surface area contributed by atoms with Crippen LogP contribution < -0.4 is 4.90 Å². The normalized spacial score (nSPS) is 19.1. The molecule has 0 heterocycles. The quantitative estimate of drug-likeness (QED) is 0.609. The summed E-state index contributed by atoms with van der Waals surface area (Å²) in [7, 11) is 0. The van der Waals surface area contributed by atoms with Gasteiger partial charge in [0, 0.05) is 24.2 Å². The molecular formula is C18H22N2O5. The van der Waals surface area contributed by atoms with Gasteiger partial charge in [0.2, 0.25) is 0 Å². The van der Waals surface area contributed by atoms with E-state index in [4.69, 9.17) is 10.00 Å². The first-order valence-corrected chi connectivity index (χ1v) is 8.16. The van der Waals surface area contributed by atoms with E-state index in [-0.39, 0.29) is 18.3 Å². The number of ether oxygens (including phenoxy) is 1. The summed E-state index contributed by atoms with van der Waals surface area (Å²) >= 11 is 0. The lowest BCUT2D eigenvalue weighted by Gasteiger charge is -2.32. The topological polar surface area (TPSA) is 114 Å². The molecule has 7 heteroatoms. The zero-order valence-corrected chi connectivity index (χ0v) is 14.1. The number of nitriles is 1. The average Bonchev–Trinajstić information content (AvgIpc) is 2.64. The molecule has 2 atom stereocenters. The molecule has 0 amide bonds. The third-order valence-electron chi connectivity index (χ3n) is 4.10. The van der Waals surface area contributed by atoms with Gasteiger partial charge in [0.05, 0.1) is 19.0 Å². The van der Waals surface area contributed by atoms with E-state index in [0.717, 1.165) is 5.69 Å². The Bertz CT molecular complexity index is 678. The second kappa shape index (κ2) is 8.51. The number of anilines is 1. The van der Waals surface area contributed by atoms with Crippen LogP contribution in [0.3, 0.4) is 0 Å². The summed E-state index contributed by atoms with van der Waals surface area (Å²) in [5.41, 5.74) is 1.78. The average molecular weight is 346 g/mol. The molecule has 2 rings (SSSR count). The first kappa shape index (κ1) is 18.8. The number of hydrogen-bond acceptors (Lipinski definition) is 7. The fraction of sp³-hybridized carbons (Fsp3) is 0.444. The molecule has 1 aliphatic carbocycles. The van der Waals surface area contributed by atoms with Crippen molar-refractivity contribution in [3.63, 3.8) is 0 Å². The SMILES string of the molecule is CCC(=O)OCCN(CCC#N)c1ccc(C2=C(O)C(O)C2O)cc1. The number of rotatable bonds is 8. The van der Waals surface area contributed by atoms with Crippen LogP contribution >= 0.6 is 0 Å². The fourth-order valence-electron chi connectivity index (χ4n) is 2.62. The van der Waals surface area contributed by atoms with Gasteiger partial charge in [-0.2, -0.15) is 5.26 Å². The van der Waals surface area contributed by atoms with E-state index in [1.807, 2.05) is 4.90 Å². The number of carbonyl (C=O) groups excluding carboxylic acids is 1. The largest absolute Gasteiger partial charge is 0.509 e. The minimum Gasteiger partial charge on any atom is -0.509 e. The Morgan fingerprint density at radius 2 is 1.92 bits per heavy atom. The van der Waals surface area contributed by atoms with Crippen LogP contribution in [0.2, 0.25) is 0 Å². The molecule has 0 saturated carbocycles. The first-order valence-electron chi connectivity index (χ1n) is 8.16. The predicted molar refractivity (Wildman–Crippen MR) is 91.7 cm³/mol. The van der Waals surface area contributed by atoms with E-state index >= 15 is 0 Å². The third-order valence-corrected chi connectivity index (χ3v) is 4.10. The molecule has 134 valence electrons. The number of hydrogen-bond donors (Lipinski definition) is 3. The summed E-state index contributed by atoms with van der Waals surface area (Å²) in [5, 5.41) is 37.6. The van der Waals surface area contributed by atoms with Crippen LogP contribution in [0.1, 0.15) is 25.3 Å². The van der Waals surface area contributed by atoms with Gasteiger partial charge in [-0.3, -0.25) is 4.79 Å². The van der Waals surface area contributed by atoms with Gasteiger partial charge in [0.25, 0.3) is 0 Å². The van der Waals surface area contributed by atoms with Gasteiger partial charge >= 0.3 is 5.97 Å². The molecule has 25 heavy (non-hydrogen) atoms. The van der Waals surface area contributed by atoms with Crippen molar-refractivity contribution in [2.24, 2.45) is 0 Å². The van der Waals surface area contributed by atoms with Crippen molar-refractivity contribution in [2.75, 3.05) is 24.6 Å². The Morgan fingerprint density at radius 3 is 2.48 bits per heavy atom. The van der Waals surface area contributed by atoms with E-state index < -0.39 is 12.2 Å². The first-order chi connectivity index (χ1) is 12.0. The highest BCUT2D eigenvalue weighted by Crippen LogP contribution is 2.35. The van der Waals surface area contributed by atoms with Gasteiger partial charge in [0.1, 0.15) is 24.6 Å². The van der Waals surface area contributed by atoms with Crippen molar-refractivity contribution in [2.45, 2.75) is 32.0 Å². The van der Waals surface area contributed by atoms with E-state index in [2.05, 4.69) is 6.07 Å². The molecule has 1 aromatic carbocycles. The summed E-state index contributed by atoms with van der Waals surface area (Å²) in [5.74, 6) is -0.483. The zero-order valence-electron chi connectivity index (χ0n) is 14.1. The molecule has 1 aliphatic rings. The predicted octanol–water partition coefficient (Wildman–Crippen LogP) is 1.36. The standard InChI is InChI=1S/C18H22N2O5/c1-2-14(21)25-11-10-20(9-3-8-19)13-6-4-12(5-7-13)15-16(22)18(24)17(15)23/h4-7,16,18,22-24H,2-3,9-11H2,1H3. The second-order valence-electron chi connectivity index (χ2n) is 5.70. The zero-order chi connectivity index (χ0) is 18.4. The summed E-state index contributed by atoms with van der Waals surface area (Å²) < 4.78 is 5.09. The van der Waals surface area contributed by atoms with E-state index in [0.29, 0.717) is 37.1 Å². The number of esters is 1. The van der Waals surface area contributed by atoms with Crippen LogP contribution in [0, 0.1) is 11.3 Å². The molecule has 3 N–H and O–H groups in total. The van der Waals surface area contributed by atoms with Crippen LogP contribution in [0.25, 0.3) is 5.57 Å². The molecule has 0 fully saturated rings. The van der Waals surface area contributed by atoms with Crippen LogP contribution in [0.5, 0.6) is 0 Å². The van der Waals surface area contributed by atoms with Crippen LogP contribution in [0.15, 0.2) is 30.0 Å². The summed E-state index contributed by atoms with van der Waals surface area (Å²) in [6.45, 7) is 2.91. The Hall–Kier alpha value is -2.56. The second-order valence-corrected chi connectivity index (χ2v) is 5.70. The van der Waals surface area contributed by atoms with Gasteiger partial charge < -0.3 is 25.0 Å². The Morgan fingerprint density at radius 1 is 1.24 bits per heavy atom. The molecular weight excluding hydrogens is 324 g/mol. The maximum absolute atomic E-state index is 11.2. The summed E-state index contributed by atoms with van der Waals surface area (Å²) in [6.07, 6.45) is -1.66. The summed E-state index contributed by atoms with van der Waals surface area (Å²) in [6, 6.07) is 9.15. The molecule has 0 aromatic heterocycles. The fourth-order valence-corrected chi connectivity index (χ4v) is 2.62. The highest BCUT2D eigenvalue weighted by atomic mass is 16.5. The maximum Gasteiger partial charge on any atom is 0.305 e. The molecule has 0 bridgehead atoms. The molecule has 0 spiro atoms. The lowest BCUT2D eigenvalue weighted by atomic mass is 9.84. The van der Waals surface area contributed by atoms with Crippen molar-refractivity contribution in [3.05, 3.63) is 35.6 Å². The number of nitrogens with zero attached hydrogens (tertiary/aromatic N) is 2. The number of benzene rings is 1. The highest BCUT2D eigenvalue weighted by molar-refractivity contribution is 5.78. The minimum atomic E-state index is -1.23. The van der Waals surface area contributed by atoms with Gasteiger partial charge in [0.15, 0.2) is 0 Å². The molecule has 0 aliphatic heterocycles. The Labute approximate surface area is 146 Å². The third kappa shape index (κ3) is 4.29. The van der Waals surface area contributed by atoms with Crippen LogP contribution in [-0.4, -0.2) is 53.2 Å². The van der Waals surface area contributed by atoms with Crippen molar-refractivity contribution in [1.82, 2.24) is 0 Å². The number of aliphatic hydroxyl groups is 3. The highest BCUT2D eigenvalue weighted by Gasteiger charge is 2.38. The molecule has 0 saturated heterocycles. The monoisotopic (exact) mass is 346 g/mol. The van der Waals surface area contributed by atoms with E-state index in [1.54, 1.807) is 31.2 Å². The number of aliphatic hydroxyl groups excluding tert-OH is 3. The molecule has 7 nitrogen and oxygen atoms in total. The van der Waals surface area contributed by atoms with Gasteiger partial charge in [-0.25, -0.2) is 0 Å². The van der Waals surface area contributed by atoms with Crippen LogP contribution in [0.4, 0.5) is 5.69 Å². The smallest absolute Gasteiger partial charge is 0.305 e. The van der Waals surface area contributed by atoms with Crippen molar-refractivity contribution in [3.8, 4) is 6.07 Å². The van der Waals surface area contributed by atoms with Gasteiger partial charge in [-0.05, 0) is 17.7 Å². The lowest BCUT2D eigenvalue weighted by Crippen LogP contribution is -2.39. The Kier molecular flexibility index (Phi) is 6.39.